The van der Waals surface area contributed by atoms with E-state index in [0.717, 1.165) is 24.4 Å². The van der Waals surface area contributed by atoms with Crippen LogP contribution in [-0.4, -0.2) is 37.1 Å². The molecule has 2 fully saturated rings. The van der Waals surface area contributed by atoms with E-state index in [9.17, 15) is 0 Å². The second-order valence-electron chi connectivity index (χ2n) is 7.15. The summed E-state index contributed by atoms with van der Waals surface area (Å²) in [5, 5.41) is 3.76. The summed E-state index contributed by atoms with van der Waals surface area (Å²) < 4.78 is 0. The molecule has 1 saturated heterocycles. The van der Waals surface area contributed by atoms with Gasteiger partial charge in [0.2, 0.25) is 0 Å². The van der Waals surface area contributed by atoms with Crippen molar-refractivity contribution in [1.29, 1.82) is 0 Å². The minimum Gasteiger partial charge on any atom is -0.313 e. The summed E-state index contributed by atoms with van der Waals surface area (Å²) in [5.74, 6) is 1.84. The lowest BCUT2D eigenvalue weighted by Crippen LogP contribution is -2.45. The molecule has 0 aromatic heterocycles. The number of hydrogen-bond acceptors (Lipinski definition) is 2. The van der Waals surface area contributed by atoms with Crippen molar-refractivity contribution in [2.45, 2.75) is 59.4 Å². The quantitative estimate of drug-likeness (QED) is 0.809. The van der Waals surface area contributed by atoms with E-state index in [1.165, 1.54) is 45.3 Å². The molecule has 2 nitrogen and oxygen atoms in total. The van der Waals surface area contributed by atoms with Crippen LogP contribution >= 0.6 is 0 Å². The summed E-state index contributed by atoms with van der Waals surface area (Å²) in [5.41, 5.74) is 0.491. The first-order valence-corrected chi connectivity index (χ1v) is 8.02. The Kier molecular flexibility index (Phi) is 4.71. The van der Waals surface area contributed by atoms with Gasteiger partial charge in [-0.1, -0.05) is 34.1 Å². The predicted molar refractivity (Wildman–Crippen MR) is 78.8 cm³/mol. The Morgan fingerprint density at radius 3 is 2.61 bits per heavy atom. The molecule has 1 N–H and O–H groups in total. The minimum atomic E-state index is 0.491. The summed E-state index contributed by atoms with van der Waals surface area (Å²) in [7, 11) is 0. The highest BCUT2D eigenvalue weighted by Crippen LogP contribution is 2.42. The van der Waals surface area contributed by atoms with Gasteiger partial charge in [0.05, 0.1) is 0 Å². The Morgan fingerprint density at radius 2 is 2.00 bits per heavy atom. The summed E-state index contributed by atoms with van der Waals surface area (Å²) in [6.45, 7) is 14.6. The zero-order valence-electron chi connectivity index (χ0n) is 12.8. The number of nitrogens with one attached hydrogen (secondary N) is 1. The molecular weight excluding hydrogens is 220 g/mol. The maximum Gasteiger partial charge on any atom is 0.0159 e. The molecule has 2 heteroatoms. The molecule has 106 valence electrons. The van der Waals surface area contributed by atoms with Crippen molar-refractivity contribution >= 4 is 0 Å². The van der Waals surface area contributed by atoms with Gasteiger partial charge in [-0.15, -0.1) is 0 Å². The Labute approximate surface area is 114 Å². The fourth-order valence-corrected chi connectivity index (χ4v) is 4.12. The van der Waals surface area contributed by atoms with Gasteiger partial charge in [0.1, 0.15) is 0 Å². The molecule has 1 aliphatic carbocycles. The number of likely N-dealkylation sites (tertiary alicyclic amines) is 1. The zero-order valence-corrected chi connectivity index (χ0v) is 12.8. The summed E-state index contributed by atoms with van der Waals surface area (Å²) in [6, 6.07) is 0.725. The average molecular weight is 252 g/mol. The first kappa shape index (κ1) is 14.3. The lowest BCUT2D eigenvalue weighted by molar-refractivity contribution is 0.202. The predicted octanol–water partition coefficient (Wildman–Crippen LogP) is 3.13. The Bertz CT molecular complexity index is 262. The van der Waals surface area contributed by atoms with Gasteiger partial charge in [0, 0.05) is 19.1 Å². The maximum absolute atomic E-state index is 3.76. The molecule has 3 atom stereocenters. The largest absolute Gasteiger partial charge is 0.313 e. The van der Waals surface area contributed by atoms with E-state index in [0.29, 0.717) is 5.41 Å². The van der Waals surface area contributed by atoms with Crippen molar-refractivity contribution in [2.24, 2.45) is 17.3 Å². The van der Waals surface area contributed by atoms with E-state index in [1.807, 2.05) is 0 Å². The lowest BCUT2D eigenvalue weighted by atomic mass is 9.84. The summed E-state index contributed by atoms with van der Waals surface area (Å²) in [4.78, 5) is 2.73. The third kappa shape index (κ3) is 3.08. The highest BCUT2D eigenvalue weighted by molar-refractivity contribution is 4.97. The Hall–Kier alpha value is -0.0800. The molecule has 0 amide bonds. The second-order valence-corrected chi connectivity index (χ2v) is 7.15. The van der Waals surface area contributed by atoms with Crippen LogP contribution in [-0.2, 0) is 0 Å². The molecule has 0 aromatic carbocycles. The molecule has 2 rings (SSSR count). The standard InChI is InChI=1S/C16H32N2/c1-5-13-8-10-18(11-13)12-14-7-9-16(3,4)15(14)17-6-2/h13-15,17H,5-12H2,1-4H3. The zero-order chi connectivity index (χ0) is 13.2. The summed E-state index contributed by atoms with van der Waals surface area (Å²) in [6.07, 6.45) is 5.60. The van der Waals surface area contributed by atoms with Gasteiger partial charge >= 0.3 is 0 Å². The highest BCUT2D eigenvalue weighted by Gasteiger charge is 2.42. The topological polar surface area (TPSA) is 15.3 Å². The van der Waals surface area contributed by atoms with E-state index in [2.05, 4.69) is 37.9 Å². The molecule has 18 heavy (non-hydrogen) atoms. The van der Waals surface area contributed by atoms with Crippen molar-refractivity contribution in [1.82, 2.24) is 10.2 Å². The molecule has 3 unspecified atom stereocenters. The molecule has 2 aliphatic rings. The number of nitrogens with zero attached hydrogens (tertiary/aromatic N) is 1. The van der Waals surface area contributed by atoms with Crippen LogP contribution in [0.4, 0.5) is 0 Å². The van der Waals surface area contributed by atoms with Crippen LogP contribution in [0.2, 0.25) is 0 Å². The van der Waals surface area contributed by atoms with Crippen LogP contribution in [0.15, 0.2) is 0 Å². The SMILES string of the molecule is CCNC1C(CN2CCC(CC)C2)CCC1(C)C. The molecule has 1 aliphatic heterocycles. The van der Waals surface area contributed by atoms with E-state index in [1.54, 1.807) is 0 Å². The molecular formula is C16H32N2. The highest BCUT2D eigenvalue weighted by atomic mass is 15.2. The molecule has 0 bridgehead atoms. The van der Waals surface area contributed by atoms with Crippen molar-refractivity contribution in [2.75, 3.05) is 26.2 Å². The van der Waals surface area contributed by atoms with Gasteiger partial charge in [0.15, 0.2) is 0 Å². The van der Waals surface area contributed by atoms with Gasteiger partial charge in [0.25, 0.3) is 0 Å². The van der Waals surface area contributed by atoms with Crippen molar-refractivity contribution in [3.63, 3.8) is 0 Å². The first-order chi connectivity index (χ1) is 8.56. The molecule has 1 saturated carbocycles. The van der Waals surface area contributed by atoms with Crippen LogP contribution in [0.1, 0.15) is 53.4 Å². The van der Waals surface area contributed by atoms with Gasteiger partial charge in [-0.3, -0.25) is 0 Å². The second kappa shape index (κ2) is 5.92. The smallest absolute Gasteiger partial charge is 0.0159 e. The van der Waals surface area contributed by atoms with Gasteiger partial charge in [-0.2, -0.15) is 0 Å². The normalized spacial score (nSPS) is 36.3. The van der Waals surface area contributed by atoms with Crippen LogP contribution < -0.4 is 5.32 Å². The third-order valence-electron chi connectivity index (χ3n) is 5.34. The van der Waals surface area contributed by atoms with Crippen molar-refractivity contribution in [3.8, 4) is 0 Å². The number of rotatable bonds is 5. The Balaban J connectivity index is 1.89. The van der Waals surface area contributed by atoms with Crippen LogP contribution in [0, 0.1) is 17.3 Å². The number of hydrogen-bond donors (Lipinski definition) is 1. The minimum absolute atomic E-state index is 0.491. The van der Waals surface area contributed by atoms with E-state index >= 15 is 0 Å². The molecule has 0 spiro atoms. The molecule has 0 radical (unpaired) electrons. The molecule has 0 aromatic rings. The summed E-state index contributed by atoms with van der Waals surface area (Å²) >= 11 is 0. The fraction of sp³-hybridized carbons (Fsp3) is 1.00. The van der Waals surface area contributed by atoms with E-state index in [-0.39, 0.29) is 0 Å². The van der Waals surface area contributed by atoms with Gasteiger partial charge in [-0.05, 0) is 49.6 Å². The fourth-order valence-electron chi connectivity index (χ4n) is 4.12. The van der Waals surface area contributed by atoms with Crippen molar-refractivity contribution in [3.05, 3.63) is 0 Å². The maximum atomic E-state index is 3.76. The third-order valence-corrected chi connectivity index (χ3v) is 5.34. The van der Waals surface area contributed by atoms with Crippen LogP contribution in [0.3, 0.4) is 0 Å². The van der Waals surface area contributed by atoms with Crippen LogP contribution in [0.25, 0.3) is 0 Å². The van der Waals surface area contributed by atoms with E-state index in [4.69, 9.17) is 0 Å². The monoisotopic (exact) mass is 252 g/mol. The van der Waals surface area contributed by atoms with Gasteiger partial charge < -0.3 is 10.2 Å². The molecule has 1 heterocycles. The lowest BCUT2D eigenvalue weighted by Gasteiger charge is -2.33. The van der Waals surface area contributed by atoms with Crippen LogP contribution in [0.5, 0.6) is 0 Å². The van der Waals surface area contributed by atoms with Crippen molar-refractivity contribution < 1.29 is 0 Å². The first-order valence-electron chi connectivity index (χ1n) is 8.02. The van der Waals surface area contributed by atoms with E-state index < -0.39 is 0 Å². The average Bonchev–Trinajstić information content (AvgIpc) is 2.89. The Morgan fingerprint density at radius 1 is 1.22 bits per heavy atom. The van der Waals surface area contributed by atoms with Gasteiger partial charge in [-0.25, -0.2) is 0 Å².